The number of aryl methyl sites for hydroxylation is 1. The topological polar surface area (TPSA) is 45.9 Å². The maximum atomic E-state index is 12.0. The van der Waals surface area contributed by atoms with Gasteiger partial charge in [-0.15, -0.1) is 0 Å². The van der Waals surface area contributed by atoms with Gasteiger partial charge in [-0.1, -0.05) is 36.4 Å². The number of aromatic nitrogens is 1. The van der Waals surface area contributed by atoms with E-state index in [1.165, 1.54) is 0 Å². The maximum Gasteiger partial charge on any atom is 0.182 e. The molecule has 1 heterocycles. The Morgan fingerprint density at radius 2 is 1.88 bits per heavy atom. The van der Waals surface area contributed by atoms with Crippen molar-refractivity contribution in [2.24, 2.45) is 0 Å². The molecule has 3 nitrogen and oxygen atoms in total. The highest BCUT2D eigenvalue weighted by Gasteiger charge is 2.06. The number of ketones is 1. The number of pyridine rings is 1. The van der Waals surface area contributed by atoms with Crippen LogP contribution >= 0.6 is 0 Å². The highest BCUT2D eigenvalue weighted by molar-refractivity contribution is 5.95. The molecule has 1 aromatic carbocycles. The van der Waals surface area contributed by atoms with Crippen LogP contribution in [0.3, 0.4) is 0 Å². The highest BCUT2D eigenvalue weighted by Crippen LogP contribution is 2.01. The average molecular weight is 226 g/mol. The van der Waals surface area contributed by atoms with Crippen LogP contribution in [0.4, 0.5) is 0 Å². The molecule has 17 heavy (non-hydrogen) atoms. The van der Waals surface area contributed by atoms with Gasteiger partial charge in [0.2, 0.25) is 0 Å². The molecular formula is C14H14N2O. The molecule has 86 valence electrons. The third kappa shape index (κ3) is 2.50. The van der Waals surface area contributed by atoms with Crippen molar-refractivity contribution in [3.8, 4) is 0 Å². The van der Waals surface area contributed by atoms with Crippen LogP contribution in [-0.2, 0) is 6.54 Å². The number of nitrogens with one attached hydrogen (secondary N) is 1. The quantitative estimate of drug-likeness (QED) is 0.801. The number of carbonyl (C=O) groups excluding carboxylic acids is 1. The molecule has 0 aliphatic heterocycles. The molecular weight excluding hydrogens is 212 g/mol. The van der Waals surface area contributed by atoms with Gasteiger partial charge in [-0.05, 0) is 18.6 Å². The Kier molecular flexibility index (Phi) is 3.19. The summed E-state index contributed by atoms with van der Waals surface area (Å²) < 4.78 is 1.66. The Bertz CT molecular complexity index is 585. The minimum absolute atomic E-state index is 0.0229. The summed E-state index contributed by atoms with van der Waals surface area (Å²) in [5, 5.41) is 7.86. The highest BCUT2D eigenvalue weighted by atomic mass is 16.1. The molecule has 0 atom stereocenters. The van der Waals surface area contributed by atoms with E-state index in [2.05, 4.69) is 0 Å². The molecule has 0 saturated heterocycles. The van der Waals surface area contributed by atoms with Gasteiger partial charge in [-0.25, -0.2) is 0 Å². The van der Waals surface area contributed by atoms with E-state index in [9.17, 15) is 4.79 Å². The minimum Gasteiger partial charge on any atom is -0.325 e. The second-order valence-corrected chi connectivity index (χ2v) is 3.96. The van der Waals surface area contributed by atoms with Gasteiger partial charge in [0.05, 0.1) is 6.54 Å². The lowest BCUT2D eigenvalue weighted by molar-refractivity contribution is 0.0970. The van der Waals surface area contributed by atoms with Gasteiger partial charge < -0.3 is 4.57 Å². The molecule has 0 unspecified atom stereocenters. The normalized spacial score (nSPS) is 10.2. The Morgan fingerprint density at radius 1 is 1.18 bits per heavy atom. The summed E-state index contributed by atoms with van der Waals surface area (Å²) in [7, 11) is 0. The number of Topliss-reactive ketones (excluding diaryl/α,β-unsaturated/α-hetero) is 1. The van der Waals surface area contributed by atoms with E-state index in [0.717, 1.165) is 5.56 Å². The van der Waals surface area contributed by atoms with Crippen LogP contribution in [0.2, 0.25) is 0 Å². The van der Waals surface area contributed by atoms with E-state index in [0.29, 0.717) is 11.1 Å². The van der Waals surface area contributed by atoms with E-state index in [1.54, 1.807) is 22.9 Å². The summed E-state index contributed by atoms with van der Waals surface area (Å²) in [5.74, 6) is 0.0229. The van der Waals surface area contributed by atoms with Crippen LogP contribution in [0, 0.1) is 12.3 Å². The standard InChI is InChI=1S/C14H14N2O/c1-11-6-5-9-16(14(11)15)10-13(17)12-7-3-2-4-8-12/h2-9,15H,10H2,1H3. The number of nitrogens with zero attached hydrogens (tertiary/aromatic N) is 1. The first-order valence-corrected chi connectivity index (χ1v) is 5.47. The number of hydrogen-bond acceptors (Lipinski definition) is 2. The number of hydrogen-bond donors (Lipinski definition) is 1. The largest absolute Gasteiger partial charge is 0.325 e. The first-order chi connectivity index (χ1) is 8.18. The summed E-state index contributed by atoms with van der Waals surface area (Å²) >= 11 is 0. The molecule has 0 aliphatic carbocycles. The zero-order chi connectivity index (χ0) is 12.3. The SMILES string of the molecule is Cc1cccn(CC(=O)c2ccccc2)c1=N. The van der Waals surface area contributed by atoms with Gasteiger partial charge in [-0.2, -0.15) is 0 Å². The first-order valence-electron chi connectivity index (χ1n) is 5.47. The van der Waals surface area contributed by atoms with Crippen molar-refractivity contribution in [3.63, 3.8) is 0 Å². The lowest BCUT2D eigenvalue weighted by Crippen LogP contribution is -2.25. The molecule has 0 radical (unpaired) electrons. The van der Waals surface area contributed by atoms with Gasteiger partial charge in [0.15, 0.2) is 5.78 Å². The molecule has 0 amide bonds. The van der Waals surface area contributed by atoms with Crippen LogP contribution in [-0.4, -0.2) is 10.4 Å². The summed E-state index contributed by atoms with van der Waals surface area (Å²) in [6, 6.07) is 12.9. The fraction of sp³-hybridized carbons (Fsp3) is 0.143. The molecule has 3 heteroatoms. The van der Waals surface area contributed by atoms with Gasteiger partial charge >= 0.3 is 0 Å². The minimum atomic E-state index is 0.0229. The number of benzene rings is 1. The zero-order valence-electron chi connectivity index (χ0n) is 9.68. The molecule has 1 N–H and O–H groups in total. The van der Waals surface area contributed by atoms with Gasteiger partial charge in [0.25, 0.3) is 0 Å². The summed E-state index contributed by atoms with van der Waals surface area (Å²) in [6.45, 7) is 2.08. The van der Waals surface area contributed by atoms with E-state index < -0.39 is 0 Å². The summed E-state index contributed by atoms with van der Waals surface area (Å²) in [5.41, 5.74) is 1.94. The molecule has 0 saturated carbocycles. The molecule has 0 fully saturated rings. The predicted molar refractivity (Wildman–Crippen MR) is 65.8 cm³/mol. The van der Waals surface area contributed by atoms with Crippen LogP contribution in [0.1, 0.15) is 15.9 Å². The summed E-state index contributed by atoms with van der Waals surface area (Å²) in [6.07, 6.45) is 1.76. The van der Waals surface area contributed by atoms with E-state index in [4.69, 9.17) is 5.41 Å². The van der Waals surface area contributed by atoms with E-state index >= 15 is 0 Å². The molecule has 0 bridgehead atoms. The van der Waals surface area contributed by atoms with Gasteiger partial charge in [0, 0.05) is 11.8 Å². The number of carbonyl (C=O) groups is 1. The third-order valence-electron chi connectivity index (χ3n) is 2.68. The molecule has 2 rings (SSSR count). The smallest absolute Gasteiger partial charge is 0.182 e. The van der Waals surface area contributed by atoms with Crippen LogP contribution in [0.15, 0.2) is 48.7 Å². The first kappa shape index (κ1) is 11.3. The molecule has 0 spiro atoms. The molecule has 2 aromatic rings. The Labute approximate surface area is 99.9 Å². The fourth-order valence-corrected chi connectivity index (χ4v) is 1.67. The van der Waals surface area contributed by atoms with Crippen LogP contribution in [0.25, 0.3) is 0 Å². The van der Waals surface area contributed by atoms with E-state index in [-0.39, 0.29) is 12.3 Å². The summed E-state index contributed by atoms with van der Waals surface area (Å²) in [4.78, 5) is 12.0. The predicted octanol–water partition coefficient (Wildman–Crippen LogP) is 2.16. The van der Waals surface area contributed by atoms with Crippen molar-refractivity contribution >= 4 is 5.78 Å². The van der Waals surface area contributed by atoms with Crippen LogP contribution < -0.4 is 5.49 Å². The second-order valence-electron chi connectivity index (χ2n) is 3.96. The lowest BCUT2D eigenvalue weighted by Gasteiger charge is -2.07. The van der Waals surface area contributed by atoms with Gasteiger partial charge in [0.1, 0.15) is 5.49 Å². The van der Waals surface area contributed by atoms with Crippen molar-refractivity contribution < 1.29 is 4.79 Å². The Hall–Kier alpha value is -2.16. The number of rotatable bonds is 3. The van der Waals surface area contributed by atoms with Crippen molar-refractivity contribution in [1.29, 1.82) is 5.41 Å². The van der Waals surface area contributed by atoms with Crippen molar-refractivity contribution in [2.75, 3.05) is 0 Å². The van der Waals surface area contributed by atoms with Crippen molar-refractivity contribution in [2.45, 2.75) is 13.5 Å². The second kappa shape index (κ2) is 4.78. The monoisotopic (exact) mass is 226 g/mol. The average Bonchev–Trinajstić information content (AvgIpc) is 2.36. The molecule has 0 aliphatic rings. The maximum absolute atomic E-state index is 12.0. The van der Waals surface area contributed by atoms with E-state index in [1.807, 2.05) is 37.3 Å². The zero-order valence-corrected chi connectivity index (χ0v) is 9.68. The van der Waals surface area contributed by atoms with Crippen molar-refractivity contribution in [3.05, 3.63) is 65.3 Å². The Balaban J connectivity index is 2.25. The third-order valence-corrected chi connectivity index (χ3v) is 2.68. The fourth-order valence-electron chi connectivity index (χ4n) is 1.67. The lowest BCUT2D eigenvalue weighted by atomic mass is 10.1. The van der Waals surface area contributed by atoms with Crippen molar-refractivity contribution in [1.82, 2.24) is 4.57 Å². The van der Waals surface area contributed by atoms with Crippen LogP contribution in [0.5, 0.6) is 0 Å². The van der Waals surface area contributed by atoms with Gasteiger partial charge in [-0.3, -0.25) is 10.2 Å². The molecule has 1 aromatic heterocycles. The Morgan fingerprint density at radius 3 is 2.59 bits per heavy atom.